The van der Waals surface area contributed by atoms with Crippen LogP contribution >= 0.6 is 0 Å². The molecule has 0 saturated heterocycles. The van der Waals surface area contributed by atoms with Crippen molar-refractivity contribution in [2.24, 2.45) is 5.41 Å². The van der Waals surface area contributed by atoms with E-state index in [1.807, 2.05) is 11.6 Å². The summed E-state index contributed by atoms with van der Waals surface area (Å²) >= 11 is 0. The monoisotopic (exact) mass is 209 g/mol. The van der Waals surface area contributed by atoms with Crippen LogP contribution in [0.4, 0.5) is 0 Å². The van der Waals surface area contributed by atoms with Crippen LogP contribution in [-0.4, -0.2) is 26.0 Å². The average Bonchev–Trinajstić information content (AvgIpc) is 2.85. The van der Waals surface area contributed by atoms with Crippen molar-refractivity contribution in [3.05, 3.63) is 12.2 Å². The molecule has 1 aromatic heterocycles. The molecule has 4 nitrogen and oxygen atoms in total. The number of rotatable bonds is 5. The molecule has 0 bridgehead atoms. The topological polar surface area (TPSA) is 50.9 Å². The molecule has 15 heavy (non-hydrogen) atoms. The molecule has 1 heterocycles. The Balaban J connectivity index is 2.07. The molecule has 84 valence electrons. The molecule has 1 saturated carbocycles. The van der Waals surface area contributed by atoms with E-state index in [0.717, 1.165) is 38.1 Å². The number of aliphatic hydroxyl groups is 1. The van der Waals surface area contributed by atoms with E-state index < -0.39 is 0 Å². The van der Waals surface area contributed by atoms with Crippen LogP contribution in [0, 0.1) is 5.41 Å². The molecule has 4 heteroatoms. The third kappa shape index (κ3) is 2.04. The number of aromatic nitrogens is 3. The number of nitrogens with zero attached hydrogens (tertiary/aromatic N) is 3. The van der Waals surface area contributed by atoms with Crippen molar-refractivity contribution in [2.45, 2.75) is 52.2 Å². The van der Waals surface area contributed by atoms with Gasteiger partial charge in [0, 0.05) is 18.4 Å². The molecule has 1 fully saturated rings. The summed E-state index contributed by atoms with van der Waals surface area (Å²) in [7, 11) is 0. The third-order valence-electron chi connectivity index (χ3n) is 3.42. The lowest BCUT2D eigenvalue weighted by atomic mass is 9.96. The predicted molar refractivity (Wildman–Crippen MR) is 57.4 cm³/mol. The average molecular weight is 209 g/mol. The molecule has 1 aliphatic rings. The molecule has 0 aliphatic heterocycles. The van der Waals surface area contributed by atoms with Gasteiger partial charge in [-0.1, -0.05) is 6.92 Å². The summed E-state index contributed by atoms with van der Waals surface area (Å²) in [5.74, 6) is 1.02. The zero-order valence-electron chi connectivity index (χ0n) is 9.48. The molecule has 2 rings (SSSR count). The van der Waals surface area contributed by atoms with E-state index in [0.29, 0.717) is 0 Å². The maximum atomic E-state index is 9.70. The zero-order chi connectivity index (χ0) is 10.9. The summed E-state index contributed by atoms with van der Waals surface area (Å²) < 4.78 is 1.96. The Morgan fingerprint density at radius 3 is 2.87 bits per heavy atom. The lowest BCUT2D eigenvalue weighted by Crippen LogP contribution is -2.22. The number of hydrogen-bond donors (Lipinski definition) is 1. The molecular formula is C11H19N3O. The standard InChI is InChI=1S/C11H19N3O/c1-3-6-14-10(12-8-13-14)7-11(4-5-11)9(2)15/h8-9,15H,3-7H2,1-2H3. The van der Waals surface area contributed by atoms with Gasteiger partial charge in [-0.15, -0.1) is 0 Å². The molecule has 1 aromatic rings. The van der Waals surface area contributed by atoms with E-state index >= 15 is 0 Å². The van der Waals surface area contributed by atoms with E-state index in [-0.39, 0.29) is 11.5 Å². The Kier molecular flexibility index (Phi) is 2.78. The number of aliphatic hydroxyl groups excluding tert-OH is 1. The van der Waals surface area contributed by atoms with Crippen molar-refractivity contribution >= 4 is 0 Å². The maximum absolute atomic E-state index is 9.70. The van der Waals surface area contributed by atoms with E-state index in [4.69, 9.17) is 0 Å². The van der Waals surface area contributed by atoms with Gasteiger partial charge in [-0.3, -0.25) is 4.68 Å². The van der Waals surface area contributed by atoms with Gasteiger partial charge < -0.3 is 5.11 Å². The summed E-state index contributed by atoms with van der Waals surface area (Å²) in [6.07, 6.45) is 5.54. The molecule has 1 unspecified atom stereocenters. The molecular weight excluding hydrogens is 190 g/mol. The largest absolute Gasteiger partial charge is 0.393 e. The molecule has 0 aromatic carbocycles. The first-order valence-corrected chi connectivity index (χ1v) is 5.73. The van der Waals surface area contributed by atoms with E-state index in [2.05, 4.69) is 17.0 Å². The predicted octanol–water partition coefficient (Wildman–Crippen LogP) is 1.39. The van der Waals surface area contributed by atoms with Crippen LogP contribution < -0.4 is 0 Å². The number of aryl methyl sites for hydroxylation is 1. The Labute approximate surface area is 90.3 Å². The fourth-order valence-corrected chi connectivity index (χ4v) is 2.04. The minimum atomic E-state index is -0.232. The van der Waals surface area contributed by atoms with Gasteiger partial charge in [-0.05, 0) is 26.2 Å². The highest BCUT2D eigenvalue weighted by atomic mass is 16.3. The highest BCUT2D eigenvalue weighted by molar-refractivity contribution is 5.04. The Morgan fingerprint density at radius 2 is 2.33 bits per heavy atom. The highest BCUT2D eigenvalue weighted by Crippen LogP contribution is 2.50. The lowest BCUT2D eigenvalue weighted by molar-refractivity contribution is 0.108. The van der Waals surface area contributed by atoms with Crippen molar-refractivity contribution in [2.75, 3.05) is 0 Å². The van der Waals surface area contributed by atoms with E-state index in [1.165, 1.54) is 0 Å². The van der Waals surface area contributed by atoms with Crippen LogP contribution in [0.1, 0.15) is 38.9 Å². The van der Waals surface area contributed by atoms with Gasteiger partial charge in [0.1, 0.15) is 12.2 Å². The first-order valence-electron chi connectivity index (χ1n) is 5.73. The molecule has 1 N–H and O–H groups in total. The Bertz CT molecular complexity index is 328. The van der Waals surface area contributed by atoms with E-state index in [1.54, 1.807) is 6.33 Å². The maximum Gasteiger partial charge on any atom is 0.138 e. The molecule has 0 radical (unpaired) electrons. The summed E-state index contributed by atoms with van der Waals surface area (Å²) in [6, 6.07) is 0. The molecule has 0 amide bonds. The fraction of sp³-hybridized carbons (Fsp3) is 0.818. The second-order valence-corrected chi connectivity index (χ2v) is 4.61. The summed E-state index contributed by atoms with van der Waals surface area (Å²) in [6.45, 7) is 4.94. The van der Waals surface area contributed by atoms with Crippen molar-refractivity contribution in [3.8, 4) is 0 Å². The van der Waals surface area contributed by atoms with Crippen LogP contribution in [0.15, 0.2) is 6.33 Å². The summed E-state index contributed by atoms with van der Waals surface area (Å²) in [5, 5.41) is 13.9. The normalized spacial score (nSPS) is 20.2. The first-order chi connectivity index (χ1) is 7.18. The van der Waals surface area contributed by atoms with Crippen LogP contribution in [0.25, 0.3) is 0 Å². The van der Waals surface area contributed by atoms with Gasteiger partial charge in [0.05, 0.1) is 6.10 Å². The second-order valence-electron chi connectivity index (χ2n) is 4.61. The summed E-state index contributed by atoms with van der Waals surface area (Å²) in [4.78, 5) is 4.28. The second kappa shape index (κ2) is 3.93. The van der Waals surface area contributed by atoms with E-state index in [9.17, 15) is 5.11 Å². The van der Waals surface area contributed by atoms with Crippen LogP contribution in [0.3, 0.4) is 0 Å². The Morgan fingerprint density at radius 1 is 1.60 bits per heavy atom. The van der Waals surface area contributed by atoms with Gasteiger partial charge in [0.15, 0.2) is 0 Å². The van der Waals surface area contributed by atoms with Gasteiger partial charge in [0.2, 0.25) is 0 Å². The zero-order valence-corrected chi connectivity index (χ0v) is 9.48. The SMILES string of the molecule is CCCn1ncnc1CC1(C(C)O)CC1. The van der Waals surface area contributed by atoms with Gasteiger partial charge >= 0.3 is 0 Å². The van der Waals surface area contributed by atoms with Crippen LogP contribution in [-0.2, 0) is 13.0 Å². The first kappa shape index (κ1) is 10.6. The van der Waals surface area contributed by atoms with Crippen molar-refractivity contribution in [1.29, 1.82) is 0 Å². The number of hydrogen-bond acceptors (Lipinski definition) is 3. The van der Waals surface area contributed by atoms with Crippen LogP contribution in [0.2, 0.25) is 0 Å². The van der Waals surface area contributed by atoms with Gasteiger partial charge in [-0.2, -0.15) is 5.10 Å². The molecule has 0 spiro atoms. The quantitative estimate of drug-likeness (QED) is 0.797. The van der Waals surface area contributed by atoms with Crippen LogP contribution in [0.5, 0.6) is 0 Å². The van der Waals surface area contributed by atoms with Crippen molar-refractivity contribution in [3.63, 3.8) is 0 Å². The molecule has 1 atom stereocenters. The van der Waals surface area contributed by atoms with Gasteiger partial charge in [-0.25, -0.2) is 4.98 Å². The third-order valence-corrected chi connectivity index (χ3v) is 3.42. The highest BCUT2D eigenvalue weighted by Gasteiger charge is 2.47. The molecule has 1 aliphatic carbocycles. The lowest BCUT2D eigenvalue weighted by Gasteiger charge is -2.17. The summed E-state index contributed by atoms with van der Waals surface area (Å²) in [5.41, 5.74) is 0.0958. The fourth-order valence-electron chi connectivity index (χ4n) is 2.04. The minimum Gasteiger partial charge on any atom is -0.393 e. The van der Waals surface area contributed by atoms with Crippen molar-refractivity contribution < 1.29 is 5.11 Å². The Hall–Kier alpha value is -0.900. The van der Waals surface area contributed by atoms with Gasteiger partial charge in [0.25, 0.3) is 0 Å². The van der Waals surface area contributed by atoms with Crippen molar-refractivity contribution in [1.82, 2.24) is 14.8 Å². The smallest absolute Gasteiger partial charge is 0.138 e. The minimum absolute atomic E-state index is 0.0958.